The van der Waals surface area contributed by atoms with Gasteiger partial charge in [0.15, 0.2) is 5.69 Å². The van der Waals surface area contributed by atoms with Crippen LogP contribution in [0.25, 0.3) is 0 Å². The van der Waals surface area contributed by atoms with Crippen LogP contribution in [-0.2, 0) is 22.7 Å². The van der Waals surface area contributed by atoms with Crippen molar-refractivity contribution in [3.63, 3.8) is 0 Å². The average Bonchev–Trinajstić information content (AvgIpc) is 3.11. The molecule has 10 nitrogen and oxygen atoms in total. The molecule has 3 N–H and O–H groups in total. The van der Waals surface area contributed by atoms with E-state index in [1.807, 2.05) is 0 Å². The van der Waals surface area contributed by atoms with Crippen LogP contribution in [0.15, 0.2) is 23.0 Å². The van der Waals surface area contributed by atoms with Gasteiger partial charge in [0.2, 0.25) is 5.75 Å². The van der Waals surface area contributed by atoms with E-state index in [1.54, 1.807) is 13.0 Å². The Labute approximate surface area is 201 Å². The maximum Gasteiger partial charge on any atom is 0.311 e. The average molecular weight is 486 g/mol. The molecule has 1 saturated carbocycles. The Kier molecular flexibility index (Phi) is 6.60. The van der Waals surface area contributed by atoms with Crippen molar-refractivity contribution in [2.45, 2.75) is 51.2 Å². The van der Waals surface area contributed by atoms with Crippen LogP contribution in [0.2, 0.25) is 0 Å². The summed E-state index contributed by atoms with van der Waals surface area (Å²) in [6.45, 7) is 2.00. The van der Waals surface area contributed by atoms with Crippen LogP contribution in [0.5, 0.6) is 5.75 Å². The molecule has 1 aliphatic heterocycles. The number of carbonyl (C=O) groups excluding carboxylic acids is 3. The standard InChI is InChI=1S/C24H28FN5O5/c1-12-8-14(4-5-16(12)25)11-26-21(32)18-19(31)23(34)30-7-6-13-9-15(20(30)28-18)17(10-13)27-22(33)24(35)29(2)3/h4-5,8,13,15,17,31H,6-7,9-11H2,1-3H3,(H,26,32)(H,27,33)/t13-,15?,17?/m0/s1. The van der Waals surface area contributed by atoms with Gasteiger partial charge in [-0.15, -0.1) is 0 Å². The van der Waals surface area contributed by atoms with Crippen molar-refractivity contribution in [1.82, 2.24) is 25.1 Å². The topological polar surface area (TPSA) is 134 Å². The number of hydrogen-bond acceptors (Lipinski definition) is 6. The van der Waals surface area contributed by atoms with Crippen molar-refractivity contribution in [2.24, 2.45) is 5.92 Å². The zero-order valence-electron chi connectivity index (χ0n) is 19.8. The van der Waals surface area contributed by atoms with Crippen molar-refractivity contribution < 1.29 is 23.9 Å². The SMILES string of the molecule is Cc1cc(CNC(=O)c2nc3n(c(=O)c2O)CC[C@@H]2CC(NC(=O)C(=O)N(C)C)C3C2)ccc1F. The molecular weight excluding hydrogens is 457 g/mol. The maximum absolute atomic E-state index is 13.5. The van der Waals surface area contributed by atoms with Crippen molar-refractivity contribution in [1.29, 1.82) is 0 Å². The quantitative estimate of drug-likeness (QED) is 0.549. The molecule has 2 heterocycles. The number of halogens is 1. The van der Waals surface area contributed by atoms with Gasteiger partial charge in [-0.1, -0.05) is 12.1 Å². The molecule has 2 unspecified atom stereocenters. The summed E-state index contributed by atoms with van der Waals surface area (Å²) in [6.07, 6.45) is 1.90. The third-order valence-corrected chi connectivity index (χ3v) is 6.74. The number of carbonyl (C=O) groups is 3. The molecule has 35 heavy (non-hydrogen) atoms. The van der Waals surface area contributed by atoms with E-state index in [4.69, 9.17) is 0 Å². The second kappa shape index (κ2) is 9.47. The summed E-state index contributed by atoms with van der Waals surface area (Å²) < 4.78 is 14.9. The number of fused-ring (bicyclic) bond motifs is 4. The van der Waals surface area contributed by atoms with Gasteiger partial charge in [0, 0.05) is 39.1 Å². The van der Waals surface area contributed by atoms with Crippen molar-refractivity contribution in [3.8, 4) is 5.75 Å². The van der Waals surface area contributed by atoms with Gasteiger partial charge >= 0.3 is 11.8 Å². The highest BCUT2D eigenvalue weighted by Gasteiger charge is 2.42. The van der Waals surface area contributed by atoms with E-state index < -0.39 is 40.8 Å². The summed E-state index contributed by atoms with van der Waals surface area (Å²) in [5.74, 6) is -3.17. The molecule has 11 heteroatoms. The maximum atomic E-state index is 13.5. The number of amides is 3. The molecule has 0 saturated heterocycles. The van der Waals surface area contributed by atoms with E-state index in [0.29, 0.717) is 42.8 Å². The first-order chi connectivity index (χ1) is 16.6. The largest absolute Gasteiger partial charge is 0.501 e. The minimum absolute atomic E-state index is 0.0519. The van der Waals surface area contributed by atoms with Gasteiger partial charge < -0.3 is 20.6 Å². The monoisotopic (exact) mass is 485 g/mol. The Hall–Kier alpha value is -3.76. The smallest absolute Gasteiger partial charge is 0.311 e. The number of aryl methyl sites for hydroxylation is 1. The van der Waals surface area contributed by atoms with E-state index in [-0.39, 0.29) is 24.2 Å². The van der Waals surface area contributed by atoms with Gasteiger partial charge in [-0.2, -0.15) is 0 Å². The molecule has 2 aliphatic rings. The Balaban J connectivity index is 1.61. The molecule has 3 amide bonds. The van der Waals surface area contributed by atoms with Crippen LogP contribution in [0.3, 0.4) is 0 Å². The number of aromatic hydroxyl groups is 1. The van der Waals surface area contributed by atoms with E-state index in [9.17, 15) is 28.7 Å². The molecule has 3 atom stereocenters. The van der Waals surface area contributed by atoms with Crippen LogP contribution < -0.4 is 16.2 Å². The van der Waals surface area contributed by atoms with Crippen molar-refractivity contribution in [2.75, 3.05) is 14.1 Å². The third kappa shape index (κ3) is 4.75. The van der Waals surface area contributed by atoms with E-state index in [2.05, 4.69) is 15.6 Å². The predicted octanol–water partition coefficient (Wildman–Crippen LogP) is 0.797. The summed E-state index contributed by atoms with van der Waals surface area (Å²) in [5.41, 5.74) is -0.0486. The lowest BCUT2D eigenvalue weighted by molar-refractivity contribution is -0.144. The molecular formula is C24H28FN5O5. The molecule has 4 rings (SSSR count). The van der Waals surface area contributed by atoms with Crippen LogP contribution in [0, 0.1) is 18.7 Å². The fraction of sp³-hybridized carbons (Fsp3) is 0.458. The Morgan fingerprint density at radius 3 is 2.69 bits per heavy atom. The van der Waals surface area contributed by atoms with Crippen LogP contribution >= 0.6 is 0 Å². The first-order valence-electron chi connectivity index (χ1n) is 11.5. The molecule has 1 aromatic heterocycles. The van der Waals surface area contributed by atoms with E-state index >= 15 is 0 Å². The van der Waals surface area contributed by atoms with Crippen molar-refractivity contribution in [3.05, 3.63) is 57.0 Å². The summed E-state index contributed by atoms with van der Waals surface area (Å²) in [6, 6.07) is 3.99. The Morgan fingerprint density at radius 2 is 2.00 bits per heavy atom. The lowest BCUT2D eigenvalue weighted by Crippen LogP contribution is -2.46. The molecule has 1 aliphatic carbocycles. The number of aromatic nitrogens is 2. The molecule has 1 aromatic carbocycles. The van der Waals surface area contributed by atoms with Crippen LogP contribution in [0.1, 0.15) is 52.6 Å². The highest BCUT2D eigenvalue weighted by molar-refractivity contribution is 6.34. The van der Waals surface area contributed by atoms with E-state index in [1.165, 1.54) is 35.7 Å². The number of rotatable bonds is 4. The fourth-order valence-corrected chi connectivity index (χ4v) is 4.87. The molecule has 2 bridgehead atoms. The molecule has 0 radical (unpaired) electrons. The van der Waals surface area contributed by atoms with Crippen LogP contribution in [-0.4, -0.2) is 57.4 Å². The van der Waals surface area contributed by atoms with Gasteiger partial charge in [-0.25, -0.2) is 9.37 Å². The predicted molar refractivity (Wildman–Crippen MR) is 123 cm³/mol. The summed E-state index contributed by atoms with van der Waals surface area (Å²) in [7, 11) is 2.97. The number of benzene rings is 1. The normalized spacial score (nSPS) is 20.5. The first kappa shape index (κ1) is 24.4. The molecule has 0 spiro atoms. The minimum atomic E-state index is -0.748. The van der Waals surface area contributed by atoms with Gasteiger partial charge in [-0.3, -0.25) is 23.7 Å². The highest BCUT2D eigenvalue weighted by Crippen LogP contribution is 2.42. The van der Waals surface area contributed by atoms with Gasteiger partial charge in [-0.05, 0) is 49.3 Å². The number of nitrogens with one attached hydrogen (secondary N) is 2. The van der Waals surface area contributed by atoms with Crippen molar-refractivity contribution >= 4 is 17.7 Å². The highest BCUT2D eigenvalue weighted by atomic mass is 19.1. The second-order valence-electron chi connectivity index (χ2n) is 9.40. The fourth-order valence-electron chi connectivity index (χ4n) is 4.87. The van der Waals surface area contributed by atoms with Gasteiger partial charge in [0.1, 0.15) is 11.6 Å². The molecule has 186 valence electrons. The Bertz CT molecular complexity index is 1260. The van der Waals surface area contributed by atoms with E-state index in [0.717, 1.165) is 0 Å². The molecule has 2 aromatic rings. The third-order valence-electron chi connectivity index (χ3n) is 6.74. The van der Waals surface area contributed by atoms with Gasteiger partial charge in [0.05, 0.1) is 0 Å². The Morgan fingerprint density at radius 1 is 1.26 bits per heavy atom. The van der Waals surface area contributed by atoms with Crippen LogP contribution in [0.4, 0.5) is 4.39 Å². The zero-order valence-corrected chi connectivity index (χ0v) is 19.8. The second-order valence-corrected chi connectivity index (χ2v) is 9.40. The minimum Gasteiger partial charge on any atom is -0.501 e. The lowest BCUT2D eigenvalue weighted by Gasteiger charge is -2.25. The zero-order chi connectivity index (χ0) is 25.4. The summed E-state index contributed by atoms with van der Waals surface area (Å²) in [4.78, 5) is 55.8. The summed E-state index contributed by atoms with van der Waals surface area (Å²) in [5, 5.41) is 15.9. The number of nitrogens with zero attached hydrogens (tertiary/aromatic N) is 3. The molecule has 1 fully saturated rings. The number of likely N-dealkylation sites (N-methyl/N-ethyl adjacent to an activating group) is 1. The first-order valence-corrected chi connectivity index (χ1v) is 11.5. The van der Waals surface area contributed by atoms with Gasteiger partial charge in [0.25, 0.3) is 11.5 Å². The number of hydrogen-bond donors (Lipinski definition) is 3. The summed E-state index contributed by atoms with van der Waals surface area (Å²) >= 11 is 0. The lowest BCUT2D eigenvalue weighted by atomic mass is 10.0.